The molecule has 2 aliphatic heterocycles. The van der Waals surface area contributed by atoms with Crippen LogP contribution < -0.4 is 0 Å². The Balaban J connectivity index is 0.00000204. The fourth-order valence-electron chi connectivity index (χ4n) is 7.39. The first-order valence-corrected chi connectivity index (χ1v) is 11.5. The summed E-state index contributed by atoms with van der Waals surface area (Å²) in [6.07, 6.45) is 2.60. The number of nitrogens with zero attached hydrogens (tertiary/aromatic N) is 1. The van der Waals surface area contributed by atoms with Crippen molar-refractivity contribution >= 4 is 19.2 Å². The molecule has 31 heavy (non-hydrogen) atoms. The minimum Gasteiger partial charge on any atom is -0.364 e. The third kappa shape index (κ3) is 2.86. The molecule has 157 valence electrons. The maximum atomic E-state index is 7.10. The van der Waals surface area contributed by atoms with E-state index in [1.54, 1.807) is 0 Å². The van der Waals surface area contributed by atoms with Crippen LogP contribution in [0.3, 0.4) is 0 Å². The maximum Gasteiger partial charge on any atom is 0.111 e. The Morgan fingerprint density at radius 2 is 1.68 bits per heavy atom. The van der Waals surface area contributed by atoms with Gasteiger partial charge >= 0.3 is 0 Å². The molecule has 0 N–H and O–H groups in total. The van der Waals surface area contributed by atoms with E-state index in [-0.39, 0.29) is 19.6 Å². The Bertz CT molecular complexity index is 1080. The van der Waals surface area contributed by atoms with Gasteiger partial charge in [-0.2, -0.15) is 0 Å². The van der Waals surface area contributed by atoms with Crippen molar-refractivity contribution in [2.24, 2.45) is 17.8 Å². The molecule has 6 rings (SSSR count). The van der Waals surface area contributed by atoms with Gasteiger partial charge in [-0.25, -0.2) is 0 Å². The average molecular weight is 408 g/mol. The monoisotopic (exact) mass is 408 g/mol. The molecule has 3 fully saturated rings. The zero-order valence-corrected chi connectivity index (χ0v) is 18.6. The van der Waals surface area contributed by atoms with E-state index in [4.69, 9.17) is 4.74 Å². The molecule has 3 heteroatoms. The fraction of sp³-hybridized carbons (Fsp3) is 0.429. The molecule has 0 amide bonds. The number of ether oxygens (including phenoxy) is 1. The highest BCUT2D eigenvalue weighted by Crippen LogP contribution is 2.64. The summed E-state index contributed by atoms with van der Waals surface area (Å²) >= 11 is 0. The standard InChI is InChI=1S/C28H31NO.B/c1-20-17-29-19-28(26-16-15-24(20)27(26,29)2,30-18-21-9-4-3-5-10-21)25-14-8-12-22-11-6-7-13-23(22)25;/h3-14,20,24,26H,15-19H2,1-2H3;/t20-,24+,26+,27-,28+;/m1./s1. The summed E-state index contributed by atoms with van der Waals surface area (Å²) in [5, 5.41) is 2.67. The quantitative estimate of drug-likeness (QED) is 0.520. The van der Waals surface area contributed by atoms with Gasteiger partial charge in [0, 0.05) is 33.0 Å². The molecule has 2 heterocycles. The van der Waals surface area contributed by atoms with Crippen LogP contribution in [-0.4, -0.2) is 31.9 Å². The minimum atomic E-state index is -0.250. The molecule has 3 aliphatic rings. The molecule has 3 radical (unpaired) electrons. The number of hydrogen-bond donors (Lipinski definition) is 0. The lowest BCUT2D eigenvalue weighted by atomic mass is 9.72. The molecule has 1 aliphatic carbocycles. The van der Waals surface area contributed by atoms with Crippen molar-refractivity contribution in [2.75, 3.05) is 13.1 Å². The van der Waals surface area contributed by atoms with E-state index in [0.717, 1.165) is 18.4 Å². The molecule has 2 nitrogen and oxygen atoms in total. The van der Waals surface area contributed by atoms with Gasteiger partial charge in [-0.05, 0) is 53.5 Å². The van der Waals surface area contributed by atoms with Gasteiger partial charge in [-0.15, -0.1) is 0 Å². The molecule has 3 aromatic carbocycles. The highest BCUT2D eigenvalue weighted by molar-refractivity contribution is 5.86. The minimum absolute atomic E-state index is 0. The van der Waals surface area contributed by atoms with E-state index in [0.29, 0.717) is 12.5 Å². The van der Waals surface area contributed by atoms with Crippen molar-refractivity contribution in [3.63, 3.8) is 0 Å². The highest BCUT2D eigenvalue weighted by atomic mass is 16.5. The van der Waals surface area contributed by atoms with Crippen molar-refractivity contribution in [3.05, 3.63) is 83.9 Å². The smallest absolute Gasteiger partial charge is 0.111 e. The number of rotatable bonds is 4. The van der Waals surface area contributed by atoms with Gasteiger partial charge in [0.15, 0.2) is 0 Å². The van der Waals surface area contributed by atoms with Gasteiger partial charge in [-0.3, -0.25) is 4.90 Å². The van der Waals surface area contributed by atoms with Gasteiger partial charge in [0.25, 0.3) is 0 Å². The lowest BCUT2D eigenvalue weighted by molar-refractivity contribution is -0.0861. The summed E-state index contributed by atoms with van der Waals surface area (Å²) in [7, 11) is 0. The molecule has 0 unspecified atom stereocenters. The largest absolute Gasteiger partial charge is 0.364 e. The third-order valence-electron chi connectivity index (χ3n) is 8.67. The first-order valence-electron chi connectivity index (χ1n) is 11.5. The van der Waals surface area contributed by atoms with Crippen LogP contribution >= 0.6 is 0 Å². The highest BCUT2D eigenvalue weighted by Gasteiger charge is 2.69. The van der Waals surface area contributed by atoms with E-state index in [9.17, 15) is 0 Å². The lowest BCUT2D eigenvalue weighted by Crippen LogP contribution is -2.43. The average Bonchev–Trinajstić information content (AvgIpc) is 3.35. The van der Waals surface area contributed by atoms with Crippen molar-refractivity contribution in [1.29, 1.82) is 0 Å². The second-order valence-electron chi connectivity index (χ2n) is 10.0. The first-order chi connectivity index (χ1) is 14.6. The first kappa shape index (κ1) is 20.8. The Labute approximate surface area is 188 Å². The summed E-state index contributed by atoms with van der Waals surface area (Å²) in [6, 6.07) is 26.3. The van der Waals surface area contributed by atoms with E-state index < -0.39 is 0 Å². The van der Waals surface area contributed by atoms with E-state index in [2.05, 4.69) is 91.5 Å². The second kappa shape index (κ2) is 7.50. The molecule has 0 bridgehead atoms. The maximum absolute atomic E-state index is 7.10. The number of hydrogen-bond acceptors (Lipinski definition) is 2. The topological polar surface area (TPSA) is 12.5 Å². The molecule has 3 aromatic rings. The predicted molar refractivity (Wildman–Crippen MR) is 128 cm³/mol. The van der Waals surface area contributed by atoms with E-state index in [1.807, 2.05) is 0 Å². The van der Waals surface area contributed by atoms with Crippen molar-refractivity contribution in [1.82, 2.24) is 4.90 Å². The van der Waals surface area contributed by atoms with Crippen molar-refractivity contribution in [2.45, 2.75) is 44.4 Å². The van der Waals surface area contributed by atoms with Gasteiger partial charge < -0.3 is 4.74 Å². The molecule has 2 saturated heterocycles. The van der Waals surface area contributed by atoms with Crippen LogP contribution in [0.4, 0.5) is 0 Å². The van der Waals surface area contributed by atoms with Crippen LogP contribution in [0.15, 0.2) is 72.8 Å². The summed E-state index contributed by atoms with van der Waals surface area (Å²) in [4.78, 5) is 2.78. The van der Waals surface area contributed by atoms with Gasteiger partial charge in [-0.1, -0.05) is 79.7 Å². The molecule has 1 saturated carbocycles. The number of fused-ring (bicyclic) bond motifs is 1. The van der Waals surface area contributed by atoms with Crippen LogP contribution in [0.2, 0.25) is 0 Å². The van der Waals surface area contributed by atoms with Crippen LogP contribution in [0, 0.1) is 17.8 Å². The normalized spacial score (nSPS) is 34.1. The predicted octanol–water partition coefficient (Wildman–Crippen LogP) is 5.62. The third-order valence-corrected chi connectivity index (χ3v) is 8.67. The zero-order chi connectivity index (χ0) is 20.3. The summed E-state index contributed by atoms with van der Waals surface area (Å²) in [5.74, 6) is 2.12. The summed E-state index contributed by atoms with van der Waals surface area (Å²) in [5.41, 5.74) is 2.66. The van der Waals surface area contributed by atoms with Gasteiger partial charge in [0.05, 0.1) is 6.61 Å². The van der Waals surface area contributed by atoms with Crippen molar-refractivity contribution in [3.8, 4) is 0 Å². The molecule has 0 spiro atoms. The second-order valence-corrected chi connectivity index (χ2v) is 10.0. The summed E-state index contributed by atoms with van der Waals surface area (Å²) < 4.78 is 7.10. The molecular formula is C28H31BNO. The van der Waals surface area contributed by atoms with Crippen LogP contribution in [0.25, 0.3) is 10.8 Å². The van der Waals surface area contributed by atoms with E-state index >= 15 is 0 Å². The van der Waals surface area contributed by atoms with Crippen LogP contribution in [-0.2, 0) is 16.9 Å². The Kier molecular flexibility index (Phi) is 5.03. The van der Waals surface area contributed by atoms with Crippen LogP contribution in [0.5, 0.6) is 0 Å². The summed E-state index contributed by atoms with van der Waals surface area (Å²) in [6.45, 7) is 7.89. The van der Waals surface area contributed by atoms with Gasteiger partial charge in [0.1, 0.15) is 5.60 Å². The zero-order valence-electron chi connectivity index (χ0n) is 18.6. The Morgan fingerprint density at radius 3 is 2.52 bits per heavy atom. The molecule has 0 aromatic heterocycles. The van der Waals surface area contributed by atoms with Crippen LogP contribution in [0.1, 0.15) is 37.8 Å². The Hall–Kier alpha value is -2.10. The van der Waals surface area contributed by atoms with Crippen molar-refractivity contribution < 1.29 is 4.74 Å². The van der Waals surface area contributed by atoms with E-state index in [1.165, 1.54) is 41.3 Å². The molecule has 5 atom stereocenters. The fourth-order valence-corrected chi connectivity index (χ4v) is 7.39. The van der Waals surface area contributed by atoms with Gasteiger partial charge in [0.2, 0.25) is 0 Å². The Morgan fingerprint density at radius 1 is 0.935 bits per heavy atom. The SMILES string of the molecule is C[C@@H]1CN2C[C@](OCc3ccccc3)(c3cccc4ccccc34)[C@H]3CC[C@@H]1[C@]32C.[B]. The molecular weight excluding hydrogens is 377 g/mol. The lowest BCUT2D eigenvalue weighted by Gasteiger charge is -2.39. The number of benzene rings is 3.